The molecule has 2 heterocycles. The SMILES string of the molecule is O=C(O)c1cc(Br)c(Br)s1.O=C(O)c1cccs1. The first-order valence-electron chi connectivity index (χ1n) is 4.36. The molecule has 0 spiro atoms. The van der Waals surface area contributed by atoms with Gasteiger partial charge in [-0.25, -0.2) is 9.59 Å². The highest BCUT2D eigenvalue weighted by Crippen LogP contribution is 2.32. The summed E-state index contributed by atoms with van der Waals surface area (Å²) in [4.78, 5) is 21.1. The molecular formula is C10H6Br2O4S2. The number of rotatable bonds is 2. The van der Waals surface area contributed by atoms with Gasteiger partial charge in [0.1, 0.15) is 9.75 Å². The molecule has 2 N–H and O–H groups in total. The van der Waals surface area contributed by atoms with Gasteiger partial charge in [0.05, 0.1) is 3.79 Å². The molecule has 2 rings (SSSR count). The Morgan fingerprint density at radius 2 is 1.72 bits per heavy atom. The van der Waals surface area contributed by atoms with Crippen LogP contribution < -0.4 is 0 Å². The third kappa shape index (κ3) is 4.52. The van der Waals surface area contributed by atoms with E-state index < -0.39 is 11.9 Å². The van der Waals surface area contributed by atoms with Crippen LogP contribution in [0.25, 0.3) is 0 Å². The lowest BCUT2D eigenvalue weighted by Gasteiger charge is -1.79. The lowest BCUT2D eigenvalue weighted by atomic mass is 10.5. The number of halogens is 2. The topological polar surface area (TPSA) is 74.6 Å². The molecule has 0 aliphatic carbocycles. The third-order valence-electron chi connectivity index (χ3n) is 1.59. The van der Waals surface area contributed by atoms with Crippen molar-refractivity contribution in [3.8, 4) is 0 Å². The van der Waals surface area contributed by atoms with Gasteiger partial charge in [0.15, 0.2) is 0 Å². The first-order valence-corrected chi connectivity index (χ1v) is 7.65. The highest BCUT2D eigenvalue weighted by atomic mass is 79.9. The van der Waals surface area contributed by atoms with Crippen LogP contribution in [-0.4, -0.2) is 22.2 Å². The molecular weight excluding hydrogens is 408 g/mol. The zero-order valence-electron chi connectivity index (χ0n) is 8.59. The maximum absolute atomic E-state index is 10.3. The molecule has 18 heavy (non-hydrogen) atoms. The number of carboxylic acids is 2. The van der Waals surface area contributed by atoms with Crippen LogP contribution in [0.3, 0.4) is 0 Å². The number of thiophene rings is 2. The van der Waals surface area contributed by atoms with Crippen molar-refractivity contribution < 1.29 is 19.8 Å². The summed E-state index contributed by atoms with van der Waals surface area (Å²) < 4.78 is 1.60. The molecule has 2 aromatic rings. The number of hydrogen-bond donors (Lipinski definition) is 2. The van der Waals surface area contributed by atoms with E-state index >= 15 is 0 Å². The fourth-order valence-corrected chi connectivity index (χ4v) is 3.29. The predicted molar refractivity (Wildman–Crippen MR) is 78.0 cm³/mol. The van der Waals surface area contributed by atoms with Crippen LogP contribution in [0.1, 0.15) is 19.3 Å². The Morgan fingerprint density at radius 1 is 1.11 bits per heavy atom. The van der Waals surface area contributed by atoms with Crippen molar-refractivity contribution in [3.63, 3.8) is 0 Å². The molecule has 96 valence electrons. The summed E-state index contributed by atoms with van der Waals surface area (Å²) in [5.41, 5.74) is 0. The van der Waals surface area contributed by atoms with E-state index in [0.717, 1.165) is 8.26 Å². The first kappa shape index (κ1) is 15.4. The predicted octanol–water partition coefficient (Wildman–Crippen LogP) is 4.42. The minimum absolute atomic E-state index is 0.332. The van der Waals surface area contributed by atoms with Gasteiger partial charge in [-0.1, -0.05) is 6.07 Å². The van der Waals surface area contributed by atoms with Crippen molar-refractivity contribution in [2.75, 3.05) is 0 Å². The highest BCUT2D eigenvalue weighted by Gasteiger charge is 2.09. The van der Waals surface area contributed by atoms with E-state index in [0.29, 0.717) is 9.75 Å². The van der Waals surface area contributed by atoms with Gasteiger partial charge in [0.2, 0.25) is 0 Å². The summed E-state index contributed by atoms with van der Waals surface area (Å²) in [6.45, 7) is 0. The van der Waals surface area contributed by atoms with Crippen molar-refractivity contribution in [2.24, 2.45) is 0 Å². The maximum Gasteiger partial charge on any atom is 0.345 e. The standard InChI is InChI=1S/C5H2Br2O2S.C5H4O2S/c6-2-1-3(5(8)9)10-4(2)7;6-5(7)4-2-1-3-8-4/h1H,(H,8,9);1-3H,(H,6,7). The van der Waals surface area contributed by atoms with E-state index in [1.165, 1.54) is 22.7 Å². The largest absolute Gasteiger partial charge is 0.477 e. The summed E-state index contributed by atoms with van der Waals surface area (Å²) in [6.07, 6.45) is 0. The Bertz CT molecular complexity index is 529. The van der Waals surface area contributed by atoms with Crippen LogP contribution in [0.4, 0.5) is 0 Å². The molecule has 0 bridgehead atoms. The maximum atomic E-state index is 10.3. The molecule has 4 nitrogen and oxygen atoms in total. The van der Waals surface area contributed by atoms with Gasteiger partial charge in [-0.15, -0.1) is 22.7 Å². The fourth-order valence-electron chi connectivity index (χ4n) is 0.852. The minimum Gasteiger partial charge on any atom is -0.477 e. The van der Waals surface area contributed by atoms with Gasteiger partial charge < -0.3 is 10.2 Å². The molecule has 0 aliphatic heterocycles. The molecule has 0 aromatic carbocycles. The fraction of sp³-hybridized carbons (Fsp3) is 0. The third-order valence-corrected chi connectivity index (χ3v) is 5.69. The molecule has 2 aromatic heterocycles. The molecule has 0 unspecified atom stereocenters. The van der Waals surface area contributed by atoms with Gasteiger partial charge in [-0.05, 0) is 49.4 Å². The normalized spacial score (nSPS) is 9.44. The first-order chi connectivity index (χ1) is 8.41. The molecule has 0 atom stereocenters. The minimum atomic E-state index is -0.892. The van der Waals surface area contributed by atoms with E-state index in [-0.39, 0.29) is 0 Å². The Morgan fingerprint density at radius 3 is 1.94 bits per heavy atom. The number of aromatic carboxylic acids is 2. The second-order valence-electron chi connectivity index (χ2n) is 2.82. The van der Waals surface area contributed by atoms with Crippen LogP contribution in [0.2, 0.25) is 0 Å². The Kier molecular flexibility index (Phi) is 6.00. The van der Waals surface area contributed by atoms with Crippen LogP contribution >= 0.6 is 54.5 Å². The van der Waals surface area contributed by atoms with Gasteiger partial charge in [-0.3, -0.25) is 0 Å². The summed E-state index contributed by atoms with van der Waals surface area (Å²) in [5.74, 6) is -1.74. The van der Waals surface area contributed by atoms with E-state index in [1.54, 1.807) is 23.6 Å². The molecule has 0 amide bonds. The van der Waals surface area contributed by atoms with Crippen molar-refractivity contribution in [2.45, 2.75) is 0 Å². The molecule has 0 saturated heterocycles. The van der Waals surface area contributed by atoms with E-state index in [9.17, 15) is 9.59 Å². The van der Waals surface area contributed by atoms with Crippen molar-refractivity contribution >= 4 is 66.5 Å². The second kappa shape index (κ2) is 7.03. The Hall–Kier alpha value is -0.700. The van der Waals surface area contributed by atoms with Gasteiger partial charge >= 0.3 is 11.9 Å². The monoisotopic (exact) mass is 412 g/mol. The van der Waals surface area contributed by atoms with E-state index in [1.807, 2.05) is 0 Å². The Labute approximate surface area is 127 Å². The summed E-state index contributed by atoms with van der Waals surface area (Å²) >= 11 is 8.80. The van der Waals surface area contributed by atoms with E-state index in [2.05, 4.69) is 31.9 Å². The summed E-state index contributed by atoms with van der Waals surface area (Å²) in [5, 5.41) is 18.5. The van der Waals surface area contributed by atoms with Crippen LogP contribution in [0.15, 0.2) is 31.8 Å². The second-order valence-corrected chi connectivity index (χ2v) is 6.99. The number of hydrogen-bond acceptors (Lipinski definition) is 4. The summed E-state index contributed by atoms with van der Waals surface area (Å²) in [6, 6.07) is 4.86. The average molecular weight is 414 g/mol. The van der Waals surface area contributed by atoms with Gasteiger partial charge in [-0.2, -0.15) is 0 Å². The van der Waals surface area contributed by atoms with Crippen molar-refractivity contribution in [1.82, 2.24) is 0 Å². The Balaban J connectivity index is 0.000000184. The lowest BCUT2D eigenvalue weighted by Crippen LogP contribution is -1.89. The van der Waals surface area contributed by atoms with E-state index in [4.69, 9.17) is 10.2 Å². The zero-order chi connectivity index (χ0) is 13.7. The number of carboxylic acid groups (broad SMARTS) is 2. The van der Waals surface area contributed by atoms with Crippen LogP contribution in [-0.2, 0) is 0 Å². The van der Waals surface area contributed by atoms with Gasteiger partial charge in [0.25, 0.3) is 0 Å². The van der Waals surface area contributed by atoms with Gasteiger partial charge in [0, 0.05) is 4.47 Å². The molecule has 0 radical (unpaired) electrons. The van der Waals surface area contributed by atoms with Crippen LogP contribution in [0.5, 0.6) is 0 Å². The molecule has 0 fully saturated rings. The molecule has 0 aliphatic rings. The highest BCUT2D eigenvalue weighted by molar-refractivity contribution is 9.13. The average Bonchev–Trinajstić information content (AvgIpc) is 2.90. The molecule has 8 heteroatoms. The zero-order valence-corrected chi connectivity index (χ0v) is 13.4. The van der Waals surface area contributed by atoms with Crippen molar-refractivity contribution in [1.29, 1.82) is 0 Å². The number of carbonyl (C=O) groups is 2. The van der Waals surface area contributed by atoms with Crippen molar-refractivity contribution in [3.05, 3.63) is 41.6 Å². The quantitative estimate of drug-likeness (QED) is 0.764. The summed E-state index contributed by atoms with van der Waals surface area (Å²) in [7, 11) is 0. The lowest BCUT2D eigenvalue weighted by molar-refractivity contribution is 0.0691. The smallest absolute Gasteiger partial charge is 0.345 e. The van der Waals surface area contributed by atoms with Crippen LogP contribution in [0, 0.1) is 0 Å². The molecule has 0 saturated carbocycles.